The number of hydrogen-bond acceptors (Lipinski definition) is 2. The molecule has 4 nitrogen and oxygen atoms in total. The van der Waals surface area contributed by atoms with Crippen LogP contribution in [0.15, 0.2) is 0 Å². The van der Waals surface area contributed by atoms with Gasteiger partial charge < -0.3 is 10.6 Å². The van der Waals surface area contributed by atoms with Gasteiger partial charge in [-0.2, -0.15) is 0 Å². The first-order valence-electron chi connectivity index (χ1n) is 8.58. The first-order chi connectivity index (χ1) is 9.97. The van der Waals surface area contributed by atoms with Gasteiger partial charge in [0.25, 0.3) is 0 Å². The van der Waals surface area contributed by atoms with Gasteiger partial charge in [0.05, 0.1) is 11.8 Å². The molecule has 2 N–H and O–H groups in total. The van der Waals surface area contributed by atoms with Gasteiger partial charge in [-0.25, -0.2) is 0 Å². The van der Waals surface area contributed by atoms with Gasteiger partial charge >= 0.3 is 0 Å². The summed E-state index contributed by atoms with van der Waals surface area (Å²) in [5, 5.41) is 6.18. The number of nitrogens with one attached hydrogen (secondary N) is 2. The summed E-state index contributed by atoms with van der Waals surface area (Å²) in [4.78, 5) is 25.2. The number of amides is 2. The molecular weight excluding hydrogens is 264 g/mol. The van der Waals surface area contributed by atoms with Crippen molar-refractivity contribution in [1.29, 1.82) is 0 Å². The molecule has 0 saturated heterocycles. The van der Waals surface area contributed by atoms with Crippen molar-refractivity contribution in [2.45, 2.75) is 71.9 Å². The van der Waals surface area contributed by atoms with Crippen molar-refractivity contribution in [2.75, 3.05) is 0 Å². The SMILES string of the molecule is CCC(C)NC(=O)C1C2CCC(C2)C1C(=O)NC(C)CC. The maximum atomic E-state index is 12.6. The van der Waals surface area contributed by atoms with E-state index in [-0.39, 0.29) is 35.7 Å². The molecule has 2 rings (SSSR count). The Morgan fingerprint density at radius 3 is 1.62 bits per heavy atom. The van der Waals surface area contributed by atoms with E-state index in [0.29, 0.717) is 11.8 Å². The molecule has 0 heterocycles. The molecule has 0 aromatic rings. The second-order valence-corrected chi connectivity index (χ2v) is 7.02. The molecule has 21 heavy (non-hydrogen) atoms. The van der Waals surface area contributed by atoms with Crippen molar-refractivity contribution in [3.8, 4) is 0 Å². The Bertz CT molecular complexity index is 360. The highest BCUT2D eigenvalue weighted by molar-refractivity contribution is 5.89. The molecule has 0 aromatic carbocycles. The smallest absolute Gasteiger partial charge is 0.224 e. The lowest BCUT2D eigenvalue weighted by Crippen LogP contribution is -2.48. The summed E-state index contributed by atoms with van der Waals surface area (Å²) < 4.78 is 0. The fraction of sp³-hybridized carbons (Fsp3) is 0.882. The lowest BCUT2D eigenvalue weighted by molar-refractivity contribution is -0.137. The molecule has 2 aliphatic carbocycles. The van der Waals surface area contributed by atoms with E-state index in [0.717, 1.165) is 32.1 Å². The molecule has 0 spiro atoms. The Hall–Kier alpha value is -1.06. The van der Waals surface area contributed by atoms with Crippen LogP contribution in [0.5, 0.6) is 0 Å². The summed E-state index contributed by atoms with van der Waals surface area (Å²) >= 11 is 0. The maximum absolute atomic E-state index is 12.6. The number of rotatable bonds is 6. The first-order valence-corrected chi connectivity index (χ1v) is 8.58. The Balaban J connectivity index is 2.07. The minimum Gasteiger partial charge on any atom is -0.353 e. The Kier molecular flexibility index (Phi) is 5.28. The van der Waals surface area contributed by atoms with E-state index in [9.17, 15) is 9.59 Å². The van der Waals surface area contributed by atoms with Crippen LogP contribution in [-0.4, -0.2) is 23.9 Å². The molecule has 6 unspecified atom stereocenters. The van der Waals surface area contributed by atoms with Gasteiger partial charge in [-0.15, -0.1) is 0 Å². The van der Waals surface area contributed by atoms with Crippen molar-refractivity contribution >= 4 is 11.8 Å². The van der Waals surface area contributed by atoms with Gasteiger partial charge in [0.1, 0.15) is 0 Å². The summed E-state index contributed by atoms with van der Waals surface area (Å²) in [6, 6.07) is 0.379. The fourth-order valence-electron chi connectivity index (χ4n) is 3.93. The molecular formula is C17H30N2O2. The lowest BCUT2D eigenvalue weighted by atomic mass is 9.78. The second-order valence-electron chi connectivity index (χ2n) is 7.02. The van der Waals surface area contributed by atoms with E-state index in [1.54, 1.807) is 0 Å². The quantitative estimate of drug-likeness (QED) is 0.790. The van der Waals surface area contributed by atoms with Gasteiger partial charge in [-0.1, -0.05) is 13.8 Å². The molecule has 2 bridgehead atoms. The van der Waals surface area contributed by atoms with E-state index >= 15 is 0 Å². The van der Waals surface area contributed by atoms with E-state index in [1.165, 1.54) is 0 Å². The van der Waals surface area contributed by atoms with Crippen LogP contribution in [-0.2, 0) is 9.59 Å². The van der Waals surface area contributed by atoms with Crippen molar-refractivity contribution in [3.63, 3.8) is 0 Å². The molecule has 6 atom stereocenters. The van der Waals surface area contributed by atoms with Crippen LogP contribution in [0.3, 0.4) is 0 Å². The molecule has 2 saturated carbocycles. The largest absolute Gasteiger partial charge is 0.353 e. The van der Waals surface area contributed by atoms with Gasteiger partial charge in [-0.3, -0.25) is 9.59 Å². The van der Waals surface area contributed by atoms with Gasteiger partial charge in [0.2, 0.25) is 11.8 Å². The van der Waals surface area contributed by atoms with E-state index < -0.39 is 0 Å². The first kappa shape index (κ1) is 16.3. The van der Waals surface area contributed by atoms with Crippen molar-refractivity contribution in [2.24, 2.45) is 23.7 Å². The van der Waals surface area contributed by atoms with Gasteiger partial charge in [-0.05, 0) is 57.8 Å². The third kappa shape index (κ3) is 3.41. The van der Waals surface area contributed by atoms with Crippen LogP contribution in [0.2, 0.25) is 0 Å². The lowest BCUT2D eigenvalue weighted by Gasteiger charge is -2.31. The Morgan fingerprint density at radius 2 is 1.29 bits per heavy atom. The topological polar surface area (TPSA) is 58.2 Å². The molecule has 0 aromatic heterocycles. The van der Waals surface area contributed by atoms with Crippen LogP contribution >= 0.6 is 0 Å². The summed E-state index contributed by atoms with van der Waals surface area (Å²) in [5.74, 6) is 0.795. The second kappa shape index (κ2) is 6.80. The standard InChI is InChI=1S/C17H30N2O2/c1-5-10(3)18-16(20)14-12-7-8-13(9-12)15(14)17(21)19-11(4)6-2/h10-15H,5-9H2,1-4H3,(H,18,20)(H,19,21). The molecule has 120 valence electrons. The average Bonchev–Trinajstić information content (AvgIpc) is 3.07. The van der Waals surface area contributed by atoms with Crippen molar-refractivity contribution in [1.82, 2.24) is 10.6 Å². The zero-order valence-electron chi connectivity index (χ0n) is 13.8. The predicted octanol–water partition coefficient (Wildman–Crippen LogP) is 2.48. The van der Waals surface area contributed by atoms with Crippen molar-refractivity contribution in [3.05, 3.63) is 0 Å². The van der Waals surface area contributed by atoms with E-state index in [4.69, 9.17) is 0 Å². The minimum absolute atomic E-state index is 0.0980. The summed E-state index contributed by atoms with van der Waals surface area (Å²) in [6.07, 6.45) is 5.12. The van der Waals surface area contributed by atoms with Crippen LogP contribution in [0.4, 0.5) is 0 Å². The zero-order valence-corrected chi connectivity index (χ0v) is 13.8. The third-order valence-electron chi connectivity index (χ3n) is 5.52. The molecule has 0 radical (unpaired) electrons. The summed E-state index contributed by atoms with van der Waals surface area (Å²) in [5.41, 5.74) is 0. The normalized spacial score (nSPS) is 33.5. The number of hydrogen-bond donors (Lipinski definition) is 2. The maximum Gasteiger partial charge on any atom is 0.224 e. The summed E-state index contributed by atoms with van der Waals surface area (Å²) in [7, 11) is 0. The average molecular weight is 294 g/mol. The highest BCUT2D eigenvalue weighted by Gasteiger charge is 2.53. The van der Waals surface area contributed by atoms with Gasteiger partial charge in [0.15, 0.2) is 0 Å². The molecule has 4 heteroatoms. The number of carbonyl (C=O) groups is 2. The number of fused-ring (bicyclic) bond motifs is 2. The monoisotopic (exact) mass is 294 g/mol. The fourth-order valence-corrected chi connectivity index (χ4v) is 3.93. The molecule has 2 aliphatic rings. The predicted molar refractivity (Wildman–Crippen MR) is 83.6 cm³/mol. The van der Waals surface area contributed by atoms with Crippen LogP contribution in [0.1, 0.15) is 59.8 Å². The Morgan fingerprint density at radius 1 is 0.905 bits per heavy atom. The molecule has 2 fully saturated rings. The minimum atomic E-state index is -0.109. The molecule has 0 aliphatic heterocycles. The van der Waals surface area contributed by atoms with Crippen LogP contribution < -0.4 is 10.6 Å². The zero-order chi connectivity index (χ0) is 15.6. The summed E-state index contributed by atoms with van der Waals surface area (Å²) in [6.45, 7) is 8.19. The third-order valence-corrected chi connectivity index (χ3v) is 5.52. The van der Waals surface area contributed by atoms with E-state index in [1.807, 2.05) is 13.8 Å². The highest BCUT2D eigenvalue weighted by Crippen LogP contribution is 2.52. The van der Waals surface area contributed by atoms with Crippen molar-refractivity contribution < 1.29 is 9.59 Å². The Labute approximate surface area is 128 Å². The van der Waals surface area contributed by atoms with Gasteiger partial charge in [0, 0.05) is 12.1 Å². The molecule has 2 amide bonds. The number of carbonyl (C=O) groups excluding carboxylic acids is 2. The van der Waals surface area contributed by atoms with E-state index in [2.05, 4.69) is 24.5 Å². The highest BCUT2D eigenvalue weighted by atomic mass is 16.2. The van der Waals surface area contributed by atoms with Crippen LogP contribution in [0, 0.1) is 23.7 Å². The van der Waals surface area contributed by atoms with Crippen LogP contribution in [0.25, 0.3) is 0 Å².